The van der Waals surface area contributed by atoms with E-state index in [1.807, 2.05) is 18.2 Å². The zero-order valence-electron chi connectivity index (χ0n) is 11.1. The largest absolute Gasteiger partial charge is 0.497 e. The average Bonchev–Trinajstić information content (AvgIpc) is 2.44. The first-order valence-electron chi connectivity index (χ1n) is 5.95. The Morgan fingerprint density at radius 1 is 1.30 bits per heavy atom. The highest BCUT2D eigenvalue weighted by molar-refractivity contribution is 9.10. The molecular weight excluding hydrogens is 345 g/mol. The SMILES string of the molecule is COc1cccc(C(C)(N)c2ccc(Br)c(Cl)c2F)c1. The molecule has 0 aliphatic rings. The van der Waals surface area contributed by atoms with Crippen molar-refractivity contribution < 1.29 is 9.13 Å². The maximum atomic E-state index is 14.4. The van der Waals surface area contributed by atoms with Crippen LogP contribution in [0.2, 0.25) is 5.02 Å². The fraction of sp³-hybridized carbons (Fsp3) is 0.200. The summed E-state index contributed by atoms with van der Waals surface area (Å²) in [5.41, 5.74) is 6.40. The van der Waals surface area contributed by atoms with E-state index in [-0.39, 0.29) is 5.02 Å². The fourth-order valence-corrected chi connectivity index (χ4v) is 2.50. The van der Waals surface area contributed by atoms with Crippen LogP contribution in [0.1, 0.15) is 18.1 Å². The molecule has 106 valence electrons. The second-order valence-corrected chi connectivity index (χ2v) is 5.89. The minimum absolute atomic E-state index is 0.0297. The third-order valence-corrected chi connectivity index (χ3v) is 4.52. The van der Waals surface area contributed by atoms with Crippen molar-refractivity contribution in [3.05, 3.63) is 62.8 Å². The molecule has 0 aliphatic heterocycles. The van der Waals surface area contributed by atoms with Crippen molar-refractivity contribution >= 4 is 27.5 Å². The van der Waals surface area contributed by atoms with Crippen LogP contribution in [0.3, 0.4) is 0 Å². The summed E-state index contributed by atoms with van der Waals surface area (Å²) in [6, 6.07) is 10.6. The van der Waals surface area contributed by atoms with Gasteiger partial charge in [-0.2, -0.15) is 0 Å². The molecule has 2 nitrogen and oxygen atoms in total. The van der Waals surface area contributed by atoms with E-state index in [0.717, 1.165) is 5.56 Å². The van der Waals surface area contributed by atoms with Crippen LogP contribution in [-0.2, 0) is 5.54 Å². The Hall–Kier alpha value is -1.10. The highest BCUT2D eigenvalue weighted by Gasteiger charge is 2.29. The number of benzene rings is 2. The molecular formula is C15H14BrClFNO. The highest BCUT2D eigenvalue weighted by Crippen LogP contribution is 2.35. The summed E-state index contributed by atoms with van der Waals surface area (Å²) in [4.78, 5) is 0. The smallest absolute Gasteiger partial charge is 0.148 e. The maximum absolute atomic E-state index is 14.4. The van der Waals surface area contributed by atoms with E-state index in [4.69, 9.17) is 22.1 Å². The van der Waals surface area contributed by atoms with Crippen molar-refractivity contribution in [1.29, 1.82) is 0 Å². The predicted molar refractivity (Wildman–Crippen MR) is 82.7 cm³/mol. The maximum Gasteiger partial charge on any atom is 0.148 e. The van der Waals surface area contributed by atoms with Crippen LogP contribution in [0, 0.1) is 5.82 Å². The molecule has 0 saturated heterocycles. The number of halogens is 3. The molecule has 0 saturated carbocycles. The zero-order chi connectivity index (χ0) is 14.9. The quantitative estimate of drug-likeness (QED) is 0.822. The van der Waals surface area contributed by atoms with Crippen LogP contribution in [-0.4, -0.2) is 7.11 Å². The van der Waals surface area contributed by atoms with E-state index in [1.54, 1.807) is 32.2 Å². The molecule has 1 atom stereocenters. The number of ether oxygens (including phenoxy) is 1. The summed E-state index contributed by atoms with van der Waals surface area (Å²) in [6.45, 7) is 1.74. The number of nitrogens with two attached hydrogens (primary N) is 1. The molecule has 0 fully saturated rings. The highest BCUT2D eigenvalue weighted by atomic mass is 79.9. The van der Waals surface area contributed by atoms with Gasteiger partial charge < -0.3 is 10.5 Å². The third-order valence-electron chi connectivity index (χ3n) is 3.26. The molecule has 2 aromatic rings. The molecule has 2 aromatic carbocycles. The molecule has 5 heteroatoms. The number of rotatable bonds is 3. The molecule has 0 bridgehead atoms. The van der Waals surface area contributed by atoms with Crippen molar-refractivity contribution in [3.8, 4) is 5.75 Å². The Morgan fingerprint density at radius 2 is 2.00 bits per heavy atom. The van der Waals surface area contributed by atoms with Gasteiger partial charge in [-0.15, -0.1) is 0 Å². The predicted octanol–water partition coefficient (Wildman–Crippen LogP) is 4.47. The Bertz CT molecular complexity index is 646. The molecule has 0 amide bonds. The summed E-state index contributed by atoms with van der Waals surface area (Å²) in [5.74, 6) is 0.150. The second-order valence-electron chi connectivity index (χ2n) is 4.66. The monoisotopic (exact) mass is 357 g/mol. The lowest BCUT2D eigenvalue weighted by atomic mass is 9.85. The summed E-state index contributed by atoms with van der Waals surface area (Å²) in [7, 11) is 1.57. The van der Waals surface area contributed by atoms with Gasteiger partial charge in [-0.05, 0) is 46.6 Å². The van der Waals surface area contributed by atoms with Gasteiger partial charge in [-0.3, -0.25) is 0 Å². The van der Waals surface area contributed by atoms with Gasteiger partial charge in [-0.25, -0.2) is 4.39 Å². The molecule has 0 heterocycles. The Labute approximate surface area is 130 Å². The van der Waals surface area contributed by atoms with Gasteiger partial charge in [0.1, 0.15) is 11.6 Å². The van der Waals surface area contributed by atoms with Crippen LogP contribution in [0.25, 0.3) is 0 Å². The van der Waals surface area contributed by atoms with Gasteiger partial charge in [-0.1, -0.05) is 29.8 Å². The van der Waals surface area contributed by atoms with Gasteiger partial charge in [0.15, 0.2) is 0 Å². The molecule has 2 rings (SSSR count). The number of methoxy groups -OCH3 is 1. The zero-order valence-corrected chi connectivity index (χ0v) is 13.4. The first-order chi connectivity index (χ1) is 9.37. The first-order valence-corrected chi connectivity index (χ1v) is 7.12. The van der Waals surface area contributed by atoms with Gasteiger partial charge in [0.2, 0.25) is 0 Å². The number of hydrogen-bond donors (Lipinski definition) is 1. The Kier molecular flexibility index (Phi) is 4.37. The lowest BCUT2D eigenvalue weighted by molar-refractivity contribution is 0.412. The summed E-state index contributed by atoms with van der Waals surface area (Å²) >= 11 is 9.13. The third kappa shape index (κ3) is 2.68. The normalized spacial score (nSPS) is 13.9. The van der Waals surface area contributed by atoms with Crippen molar-refractivity contribution in [2.75, 3.05) is 7.11 Å². The first kappa shape index (κ1) is 15.3. The molecule has 0 aromatic heterocycles. The van der Waals surface area contributed by atoms with Gasteiger partial charge in [0.05, 0.1) is 17.7 Å². The molecule has 2 N–H and O–H groups in total. The molecule has 0 aliphatic carbocycles. The van der Waals surface area contributed by atoms with Crippen LogP contribution >= 0.6 is 27.5 Å². The van der Waals surface area contributed by atoms with Crippen LogP contribution in [0.4, 0.5) is 4.39 Å². The topological polar surface area (TPSA) is 35.2 Å². The minimum Gasteiger partial charge on any atom is -0.497 e. The van der Waals surface area contributed by atoms with E-state index in [9.17, 15) is 4.39 Å². The fourth-order valence-electron chi connectivity index (χ4n) is 2.03. The summed E-state index contributed by atoms with van der Waals surface area (Å²) in [5, 5.41) is 0.0297. The van der Waals surface area contributed by atoms with Crippen molar-refractivity contribution in [1.82, 2.24) is 0 Å². The lowest BCUT2D eigenvalue weighted by Crippen LogP contribution is -2.35. The van der Waals surface area contributed by atoms with Crippen molar-refractivity contribution in [2.24, 2.45) is 5.73 Å². The Balaban J connectivity index is 2.57. The molecule has 1 unspecified atom stereocenters. The van der Waals surface area contributed by atoms with E-state index < -0.39 is 11.4 Å². The molecule has 20 heavy (non-hydrogen) atoms. The van der Waals surface area contributed by atoms with E-state index >= 15 is 0 Å². The number of hydrogen-bond acceptors (Lipinski definition) is 2. The van der Waals surface area contributed by atoms with Crippen molar-refractivity contribution in [2.45, 2.75) is 12.5 Å². The van der Waals surface area contributed by atoms with Gasteiger partial charge in [0.25, 0.3) is 0 Å². The molecule has 0 radical (unpaired) electrons. The van der Waals surface area contributed by atoms with E-state index in [2.05, 4.69) is 15.9 Å². The van der Waals surface area contributed by atoms with Crippen LogP contribution in [0.15, 0.2) is 40.9 Å². The van der Waals surface area contributed by atoms with Crippen molar-refractivity contribution in [3.63, 3.8) is 0 Å². The molecule has 0 spiro atoms. The Morgan fingerprint density at radius 3 is 2.65 bits per heavy atom. The standard InChI is InChI=1S/C15H14BrClFNO/c1-15(19,9-4-3-5-10(8-9)20-2)11-6-7-12(16)13(17)14(11)18/h3-8H,19H2,1-2H3. The summed E-state index contributed by atoms with van der Waals surface area (Å²) < 4.78 is 20.0. The van der Waals surface area contributed by atoms with Gasteiger partial charge in [0, 0.05) is 10.0 Å². The average molecular weight is 359 g/mol. The van der Waals surface area contributed by atoms with Crippen LogP contribution < -0.4 is 10.5 Å². The minimum atomic E-state index is -1.01. The summed E-state index contributed by atoms with van der Waals surface area (Å²) in [6.07, 6.45) is 0. The van der Waals surface area contributed by atoms with Crippen LogP contribution in [0.5, 0.6) is 5.75 Å². The van der Waals surface area contributed by atoms with E-state index in [1.165, 1.54) is 0 Å². The van der Waals surface area contributed by atoms with E-state index in [0.29, 0.717) is 15.8 Å². The second kappa shape index (κ2) is 5.72. The van der Waals surface area contributed by atoms with Gasteiger partial charge >= 0.3 is 0 Å². The lowest BCUT2D eigenvalue weighted by Gasteiger charge is -2.27.